The van der Waals surface area contributed by atoms with Crippen molar-refractivity contribution in [3.63, 3.8) is 0 Å². The summed E-state index contributed by atoms with van der Waals surface area (Å²) in [5, 5.41) is 6.59. The number of amides is 1. The summed E-state index contributed by atoms with van der Waals surface area (Å²) < 4.78 is 21.1. The average molecular weight is 576 g/mol. The van der Waals surface area contributed by atoms with E-state index in [4.69, 9.17) is 4.74 Å². The lowest BCUT2D eigenvalue weighted by Crippen LogP contribution is -2.41. The maximum Gasteiger partial charge on any atom is 0.239 e. The molecule has 1 heterocycles. The number of para-hydroxylation sites is 3. The van der Waals surface area contributed by atoms with Gasteiger partial charge in [-0.2, -0.15) is 0 Å². The van der Waals surface area contributed by atoms with E-state index in [-0.39, 0.29) is 29.4 Å². The fourth-order valence-corrected chi connectivity index (χ4v) is 5.96. The zero-order chi connectivity index (χ0) is 30.0. The number of fused-ring (bicyclic) bond motifs is 1. The molecule has 1 unspecified atom stereocenters. The maximum atomic E-state index is 15.1. The molecule has 0 spiro atoms. The van der Waals surface area contributed by atoms with E-state index in [1.165, 1.54) is 6.07 Å². The number of benzene rings is 4. The summed E-state index contributed by atoms with van der Waals surface area (Å²) >= 11 is 0. The first-order valence-corrected chi connectivity index (χ1v) is 14.5. The highest BCUT2D eigenvalue weighted by Gasteiger charge is 2.42. The van der Waals surface area contributed by atoms with Crippen LogP contribution in [0.15, 0.2) is 114 Å². The molecule has 6 rings (SSSR count). The van der Waals surface area contributed by atoms with Gasteiger partial charge in [0.2, 0.25) is 5.91 Å². The number of hydrogen-bond donors (Lipinski definition) is 2. The van der Waals surface area contributed by atoms with Crippen molar-refractivity contribution < 1.29 is 18.7 Å². The molecule has 0 saturated carbocycles. The SMILES string of the molecule is CC1(C)CC(=O)C2=C(C1)Nc1ccccc1N(CC(=O)NCc1ccccc1)C2c1ccc(F)c(Oc2ccccc2)c1. The highest BCUT2D eigenvalue weighted by molar-refractivity contribution is 6.02. The molecule has 4 aromatic carbocycles. The minimum atomic E-state index is -0.657. The van der Waals surface area contributed by atoms with Gasteiger partial charge in [-0.3, -0.25) is 9.59 Å². The first-order valence-electron chi connectivity index (χ1n) is 14.5. The minimum absolute atomic E-state index is 0.00102. The number of carbonyl (C=O) groups is 2. The smallest absolute Gasteiger partial charge is 0.239 e. The molecule has 0 radical (unpaired) electrons. The van der Waals surface area contributed by atoms with Crippen molar-refractivity contribution in [3.8, 4) is 11.5 Å². The zero-order valence-electron chi connectivity index (χ0n) is 24.3. The van der Waals surface area contributed by atoms with Crippen LogP contribution in [0.1, 0.15) is 43.9 Å². The number of Topliss-reactive ketones (excluding diaryl/α,β-unsaturated/α-hetero) is 1. The van der Waals surface area contributed by atoms with E-state index in [0.29, 0.717) is 36.3 Å². The van der Waals surface area contributed by atoms with Gasteiger partial charge < -0.3 is 20.3 Å². The number of carbonyl (C=O) groups excluding carboxylic acids is 2. The van der Waals surface area contributed by atoms with Crippen LogP contribution in [-0.4, -0.2) is 18.2 Å². The topological polar surface area (TPSA) is 70.7 Å². The molecule has 0 saturated heterocycles. The largest absolute Gasteiger partial charge is 0.454 e. The number of hydrogen-bond acceptors (Lipinski definition) is 5. The molecule has 4 aromatic rings. The van der Waals surface area contributed by atoms with E-state index in [1.54, 1.807) is 24.3 Å². The van der Waals surface area contributed by atoms with Crippen molar-refractivity contribution >= 4 is 23.1 Å². The van der Waals surface area contributed by atoms with Gasteiger partial charge in [0.05, 0.1) is 24.0 Å². The number of nitrogens with one attached hydrogen (secondary N) is 2. The van der Waals surface area contributed by atoms with E-state index in [1.807, 2.05) is 77.7 Å². The van der Waals surface area contributed by atoms with Crippen LogP contribution in [0, 0.1) is 11.2 Å². The fraction of sp³-hybridized carbons (Fsp3) is 0.222. The Morgan fingerprint density at radius 2 is 1.65 bits per heavy atom. The first kappa shape index (κ1) is 28.2. The standard InChI is InChI=1S/C36H34FN3O3/c1-36(2)20-29-34(31(41)21-36)35(25-17-18-27(37)32(19-25)43-26-13-7-4-8-14-26)40(30-16-10-9-15-28(30)39-29)23-33(42)38-22-24-11-5-3-6-12-24/h3-19,35,39H,20-23H2,1-2H3,(H,38,42). The summed E-state index contributed by atoms with van der Waals surface area (Å²) in [4.78, 5) is 29.5. The molecular formula is C36H34FN3O3. The quantitative estimate of drug-likeness (QED) is 0.238. The Bertz CT molecular complexity index is 1680. The molecule has 2 aliphatic rings. The highest BCUT2D eigenvalue weighted by atomic mass is 19.1. The Morgan fingerprint density at radius 3 is 2.42 bits per heavy atom. The monoisotopic (exact) mass is 575 g/mol. The van der Waals surface area contributed by atoms with Crippen molar-refractivity contribution in [1.29, 1.82) is 0 Å². The van der Waals surface area contributed by atoms with Crippen molar-refractivity contribution in [1.82, 2.24) is 5.32 Å². The third-order valence-electron chi connectivity index (χ3n) is 7.89. The van der Waals surface area contributed by atoms with Crippen molar-refractivity contribution in [2.45, 2.75) is 39.3 Å². The number of rotatable bonds is 7. The predicted octanol–water partition coefficient (Wildman–Crippen LogP) is 7.55. The van der Waals surface area contributed by atoms with Crippen molar-refractivity contribution in [3.05, 3.63) is 131 Å². The molecule has 6 nitrogen and oxygen atoms in total. The second kappa shape index (κ2) is 11.8. The lowest BCUT2D eigenvalue weighted by atomic mass is 9.73. The molecule has 1 atom stereocenters. The van der Waals surface area contributed by atoms with Crippen LogP contribution in [0.2, 0.25) is 0 Å². The number of ether oxygens (including phenoxy) is 1. The molecule has 7 heteroatoms. The predicted molar refractivity (Wildman–Crippen MR) is 166 cm³/mol. The molecule has 218 valence electrons. The highest BCUT2D eigenvalue weighted by Crippen LogP contribution is 2.48. The number of nitrogens with zero attached hydrogens (tertiary/aromatic N) is 1. The van der Waals surface area contributed by atoms with Crippen molar-refractivity contribution in [2.24, 2.45) is 5.41 Å². The Morgan fingerprint density at radius 1 is 0.953 bits per heavy atom. The van der Waals surface area contributed by atoms with Gasteiger partial charge in [-0.25, -0.2) is 4.39 Å². The zero-order valence-corrected chi connectivity index (χ0v) is 24.3. The molecule has 0 fully saturated rings. The van der Waals surface area contributed by atoms with Gasteiger partial charge in [-0.15, -0.1) is 0 Å². The van der Waals surface area contributed by atoms with Crippen LogP contribution in [0.25, 0.3) is 0 Å². The Hall–Kier alpha value is -4.91. The second-order valence-electron chi connectivity index (χ2n) is 11.9. The van der Waals surface area contributed by atoms with Crippen LogP contribution in [0.3, 0.4) is 0 Å². The van der Waals surface area contributed by atoms with Crippen LogP contribution < -0.4 is 20.3 Å². The van der Waals surface area contributed by atoms with Crippen LogP contribution in [0.4, 0.5) is 15.8 Å². The molecule has 43 heavy (non-hydrogen) atoms. The molecule has 1 aliphatic carbocycles. The maximum absolute atomic E-state index is 15.1. The van der Waals surface area contributed by atoms with Crippen molar-refractivity contribution in [2.75, 3.05) is 16.8 Å². The summed E-state index contributed by atoms with van der Waals surface area (Å²) in [7, 11) is 0. The minimum Gasteiger partial charge on any atom is -0.454 e. The van der Waals surface area contributed by atoms with E-state index < -0.39 is 11.9 Å². The van der Waals surface area contributed by atoms with E-state index in [0.717, 1.165) is 22.6 Å². The summed E-state index contributed by atoms with van der Waals surface area (Å²) in [5.74, 6) is -0.162. The van der Waals surface area contributed by atoms with Gasteiger partial charge in [0.1, 0.15) is 5.75 Å². The molecule has 1 amide bonds. The van der Waals surface area contributed by atoms with Gasteiger partial charge in [0.15, 0.2) is 17.3 Å². The third kappa shape index (κ3) is 6.16. The molecular weight excluding hydrogens is 541 g/mol. The lowest BCUT2D eigenvalue weighted by Gasteiger charge is -2.38. The molecule has 0 bridgehead atoms. The first-order chi connectivity index (χ1) is 20.8. The second-order valence-corrected chi connectivity index (χ2v) is 11.9. The van der Waals surface area contributed by atoms with Gasteiger partial charge in [0.25, 0.3) is 0 Å². The van der Waals surface area contributed by atoms with Gasteiger partial charge in [-0.1, -0.05) is 80.6 Å². The lowest BCUT2D eigenvalue weighted by molar-refractivity contribution is -0.120. The van der Waals surface area contributed by atoms with E-state index >= 15 is 4.39 Å². The number of allylic oxidation sites excluding steroid dienone is 1. The van der Waals surface area contributed by atoms with E-state index in [2.05, 4.69) is 24.5 Å². The van der Waals surface area contributed by atoms with Crippen LogP contribution in [0.5, 0.6) is 11.5 Å². The number of halogens is 1. The molecule has 2 N–H and O–H groups in total. The Kier molecular flexibility index (Phi) is 7.72. The average Bonchev–Trinajstić information content (AvgIpc) is 3.12. The van der Waals surface area contributed by atoms with Crippen LogP contribution >= 0.6 is 0 Å². The molecule has 0 aromatic heterocycles. The molecule has 1 aliphatic heterocycles. The fourth-order valence-electron chi connectivity index (χ4n) is 5.96. The van der Waals surface area contributed by atoms with Gasteiger partial charge >= 0.3 is 0 Å². The Labute approximate surface area is 251 Å². The van der Waals surface area contributed by atoms with Gasteiger partial charge in [-0.05, 0) is 59.4 Å². The normalized spacial score (nSPS) is 17.3. The van der Waals surface area contributed by atoms with Crippen LogP contribution in [-0.2, 0) is 16.1 Å². The Balaban J connectivity index is 1.45. The number of ketones is 1. The summed E-state index contributed by atoms with van der Waals surface area (Å²) in [5.41, 5.74) is 4.39. The summed E-state index contributed by atoms with van der Waals surface area (Å²) in [6, 6.07) is 30.5. The third-order valence-corrected chi connectivity index (χ3v) is 7.89. The number of anilines is 2. The summed E-state index contributed by atoms with van der Waals surface area (Å²) in [6.07, 6.45) is 1.02. The van der Waals surface area contributed by atoms with Gasteiger partial charge in [0, 0.05) is 24.2 Å². The summed E-state index contributed by atoms with van der Waals surface area (Å²) in [6.45, 7) is 4.53. The van der Waals surface area contributed by atoms with E-state index in [9.17, 15) is 9.59 Å².